The van der Waals surface area contributed by atoms with Crippen molar-refractivity contribution < 1.29 is 4.74 Å². The number of halogens is 1. The first kappa shape index (κ1) is 13.6. The number of fused-ring (bicyclic) bond motifs is 1. The molecule has 0 aliphatic carbocycles. The first-order chi connectivity index (χ1) is 10.2. The Morgan fingerprint density at radius 1 is 1.43 bits per heavy atom. The molecule has 0 amide bonds. The Hall–Kier alpha value is -2.36. The summed E-state index contributed by atoms with van der Waals surface area (Å²) in [5, 5.41) is 11.2. The van der Waals surface area contributed by atoms with Crippen molar-refractivity contribution in [3.63, 3.8) is 0 Å². The SMILES string of the molecule is N#Cc1c(Cl)cccc1OCc1nc2ccsc2c(=O)[nH]1. The maximum absolute atomic E-state index is 11.8. The molecule has 0 saturated carbocycles. The van der Waals surface area contributed by atoms with E-state index in [1.165, 1.54) is 11.3 Å². The number of nitriles is 1. The lowest BCUT2D eigenvalue weighted by molar-refractivity contribution is 0.295. The summed E-state index contributed by atoms with van der Waals surface area (Å²) in [6.45, 7) is 0.0516. The fourth-order valence-corrected chi connectivity index (χ4v) is 2.80. The molecular formula is C14H8ClN3O2S. The summed E-state index contributed by atoms with van der Waals surface area (Å²) >= 11 is 7.26. The minimum Gasteiger partial charge on any atom is -0.484 e. The Labute approximate surface area is 128 Å². The smallest absolute Gasteiger partial charge is 0.268 e. The largest absolute Gasteiger partial charge is 0.484 e. The molecule has 0 aliphatic heterocycles. The number of hydrogen-bond acceptors (Lipinski definition) is 5. The van der Waals surface area contributed by atoms with Gasteiger partial charge in [0.25, 0.3) is 5.56 Å². The van der Waals surface area contributed by atoms with Crippen molar-refractivity contribution in [1.29, 1.82) is 5.26 Å². The van der Waals surface area contributed by atoms with Crippen LogP contribution in [0, 0.1) is 11.3 Å². The quantitative estimate of drug-likeness (QED) is 0.805. The van der Waals surface area contributed by atoms with Crippen LogP contribution in [0.15, 0.2) is 34.4 Å². The van der Waals surface area contributed by atoms with E-state index in [9.17, 15) is 4.79 Å². The van der Waals surface area contributed by atoms with Crippen molar-refractivity contribution in [1.82, 2.24) is 9.97 Å². The van der Waals surface area contributed by atoms with Crippen molar-refractivity contribution in [3.05, 3.63) is 56.4 Å². The molecule has 0 unspecified atom stereocenters. The fraction of sp³-hybridized carbons (Fsp3) is 0.0714. The van der Waals surface area contributed by atoms with Crippen LogP contribution in [0.4, 0.5) is 0 Å². The van der Waals surface area contributed by atoms with E-state index in [0.29, 0.717) is 26.8 Å². The van der Waals surface area contributed by atoms with Crippen LogP contribution < -0.4 is 10.3 Å². The summed E-state index contributed by atoms with van der Waals surface area (Å²) in [5.41, 5.74) is 0.701. The Morgan fingerprint density at radius 2 is 2.29 bits per heavy atom. The molecule has 2 heterocycles. The first-order valence-electron chi connectivity index (χ1n) is 5.97. The average molecular weight is 318 g/mol. The minimum absolute atomic E-state index is 0.0516. The van der Waals surface area contributed by atoms with E-state index in [4.69, 9.17) is 21.6 Å². The standard InChI is InChI=1S/C14H8ClN3O2S/c15-9-2-1-3-11(8(9)6-16)20-7-12-17-10-4-5-21-13(10)14(19)18-12/h1-5H,7H2,(H,17,18,19). The van der Waals surface area contributed by atoms with E-state index in [1.54, 1.807) is 24.3 Å². The number of aromatic amines is 1. The van der Waals surface area contributed by atoms with Gasteiger partial charge in [-0.2, -0.15) is 5.26 Å². The van der Waals surface area contributed by atoms with E-state index < -0.39 is 0 Å². The highest BCUT2D eigenvalue weighted by Gasteiger charge is 2.09. The normalized spacial score (nSPS) is 10.5. The van der Waals surface area contributed by atoms with Crippen molar-refractivity contribution in [2.45, 2.75) is 6.61 Å². The molecular weight excluding hydrogens is 310 g/mol. The highest BCUT2D eigenvalue weighted by atomic mass is 35.5. The predicted octanol–water partition coefficient (Wildman–Crippen LogP) is 3.09. The van der Waals surface area contributed by atoms with Crippen LogP contribution in [0.2, 0.25) is 5.02 Å². The predicted molar refractivity (Wildman–Crippen MR) is 80.7 cm³/mol. The van der Waals surface area contributed by atoms with Crippen LogP contribution in [0.1, 0.15) is 11.4 Å². The highest BCUT2D eigenvalue weighted by Crippen LogP contribution is 2.25. The number of thiophene rings is 1. The number of nitrogens with one attached hydrogen (secondary N) is 1. The number of benzene rings is 1. The molecule has 0 aliphatic rings. The van der Waals surface area contributed by atoms with Crippen molar-refractivity contribution >= 4 is 33.2 Å². The zero-order valence-corrected chi connectivity index (χ0v) is 12.2. The summed E-state index contributed by atoms with van der Waals surface area (Å²) in [6.07, 6.45) is 0. The van der Waals surface area contributed by atoms with Crippen molar-refractivity contribution in [3.8, 4) is 11.8 Å². The summed E-state index contributed by atoms with van der Waals surface area (Å²) in [6, 6.07) is 8.72. The lowest BCUT2D eigenvalue weighted by atomic mass is 10.2. The van der Waals surface area contributed by atoms with Gasteiger partial charge in [-0.15, -0.1) is 11.3 Å². The van der Waals surface area contributed by atoms with Gasteiger partial charge in [0, 0.05) is 0 Å². The van der Waals surface area contributed by atoms with Gasteiger partial charge >= 0.3 is 0 Å². The highest BCUT2D eigenvalue weighted by molar-refractivity contribution is 7.17. The second-order valence-electron chi connectivity index (χ2n) is 4.16. The van der Waals surface area contributed by atoms with Crippen LogP contribution in [-0.2, 0) is 6.61 Å². The molecule has 3 rings (SSSR count). The molecule has 0 fully saturated rings. The molecule has 3 aromatic rings. The van der Waals surface area contributed by atoms with Gasteiger partial charge in [-0.25, -0.2) is 4.98 Å². The third-order valence-corrected chi connectivity index (χ3v) is 4.03. The van der Waals surface area contributed by atoms with Gasteiger partial charge in [0.15, 0.2) is 0 Å². The zero-order valence-electron chi connectivity index (χ0n) is 10.6. The second kappa shape index (κ2) is 5.56. The first-order valence-corrected chi connectivity index (χ1v) is 7.22. The third kappa shape index (κ3) is 2.61. The Bertz CT molecular complexity index is 910. The topological polar surface area (TPSA) is 78.8 Å². The number of aromatic nitrogens is 2. The molecule has 0 bridgehead atoms. The van der Waals surface area contributed by atoms with Crippen LogP contribution >= 0.6 is 22.9 Å². The van der Waals surface area contributed by atoms with Crippen LogP contribution in [-0.4, -0.2) is 9.97 Å². The molecule has 0 saturated heterocycles. The number of nitrogens with zero attached hydrogens (tertiary/aromatic N) is 2. The third-order valence-electron chi connectivity index (χ3n) is 2.82. The van der Waals surface area contributed by atoms with Gasteiger partial charge < -0.3 is 9.72 Å². The second-order valence-corrected chi connectivity index (χ2v) is 5.48. The van der Waals surface area contributed by atoms with Gasteiger partial charge in [0.05, 0.1) is 10.5 Å². The number of ether oxygens (including phenoxy) is 1. The number of hydrogen-bond donors (Lipinski definition) is 1. The number of rotatable bonds is 3. The molecule has 0 atom stereocenters. The fourth-order valence-electron chi connectivity index (χ4n) is 1.87. The number of H-pyrrole nitrogens is 1. The van der Waals surface area contributed by atoms with E-state index in [1.807, 2.05) is 11.4 Å². The Kier molecular flexibility index (Phi) is 3.60. The summed E-state index contributed by atoms with van der Waals surface area (Å²) in [4.78, 5) is 18.8. The van der Waals surface area contributed by atoms with Crippen molar-refractivity contribution in [2.75, 3.05) is 0 Å². The Morgan fingerprint density at radius 3 is 3.10 bits per heavy atom. The van der Waals surface area contributed by atoms with Crippen molar-refractivity contribution in [2.24, 2.45) is 0 Å². The van der Waals surface area contributed by atoms with Gasteiger partial charge in [-0.05, 0) is 23.6 Å². The minimum atomic E-state index is -0.194. The molecule has 1 N–H and O–H groups in total. The maximum Gasteiger partial charge on any atom is 0.268 e. The molecule has 0 spiro atoms. The summed E-state index contributed by atoms with van der Waals surface area (Å²) < 4.78 is 6.12. The van der Waals surface area contributed by atoms with Gasteiger partial charge in [0.1, 0.15) is 34.5 Å². The molecule has 7 heteroatoms. The lowest BCUT2D eigenvalue weighted by Crippen LogP contribution is -2.12. The van der Waals surface area contributed by atoms with E-state index in [0.717, 1.165) is 0 Å². The average Bonchev–Trinajstić information content (AvgIpc) is 2.94. The van der Waals surface area contributed by atoms with E-state index >= 15 is 0 Å². The van der Waals surface area contributed by atoms with Gasteiger partial charge in [0.2, 0.25) is 0 Å². The molecule has 1 aromatic carbocycles. The van der Waals surface area contributed by atoms with Crippen LogP contribution in [0.3, 0.4) is 0 Å². The Balaban J connectivity index is 1.89. The molecule has 5 nitrogen and oxygen atoms in total. The summed E-state index contributed by atoms with van der Waals surface area (Å²) in [7, 11) is 0. The van der Waals surface area contributed by atoms with Crippen LogP contribution in [0.25, 0.3) is 10.2 Å². The summed E-state index contributed by atoms with van der Waals surface area (Å²) in [5.74, 6) is 0.757. The van der Waals surface area contributed by atoms with Gasteiger partial charge in [-0.3, -0.25) is 4.79 Å². The molecule has 21 heavy (non-hydrogen) atoms. The van der Waals surface area contributed by atoms with Crippen LogP contribution in [0.5, 0.6) is 5.75 Å². The molecule has 2 aromatic heterocycles. The lowest BCUT2D eigenvalue weighted by Gasteiger charge is -2.08. The maximum atomic E-state index is 11.8. The molecule has 104 valence electrons. The van der Waals surface area contributed by atoms with Gasteiger partial charge in [-0.1, -0.05) is 17.7 Å². The van der Waals surface area contributed by atoms with E-state index in [2.05, 4.69) is 9.97 Å². The zero-order chi connectivity index (χ0) is 14.8. The molecule has 0 radical (unpaired) electrons. The monoisotopic (exact) mass is 317 g/mol. The van der Waals surface area contributed by atoms with E-state index in [-0.39, 0.29) is 17.7 Å².